The van der Waals surface area contributed by atoms with E-state index in [1.807, 2.05) is 0 Å². The summed E-state index contributed by atoms with van der Waals surface area (Å²) in [5.74, 6) is 2.12. The second-order valence-electron chi connectivity index (χ2n) is 2.87. The SMILES string of the molecule is CCCCCSC(C)CCCl. The molecule has 0 fully saturated rings. The van der Waals surface area contributed by atoms with E-state index in [2.05, 4.69) is 25.6 Å². The lowest BCUT2D eigenvalue weighted by Gasteiger charge is -2.07. The van der Waals surface area contributed by atoms with Crippen molar-refractivity contribution in [3.05, 3.63) is 0 Å². The van der Waals surface area contributed by atoms with Crippen molar-refractivity contribution in [1.82, 2.24) is 0 Å². The lowest BCUT2D eigenvalue weighted by molar-refractivity contribution is 0.775. The van der Waals surface area contributed by atoms with Gasteiger partial charge in [0.25, 0.3) is 0 Å². The predicted molar refractivity (Wildman–Crippen MR) is 56.8 cm³/mol. The van der Waals surface area contributed by atoms with Gasteiger partial charge in [-0.3, -0.25) is 0 Å². The second-order valence-corrected chi connectivity index (χ2v) is 4.79. The van der Waals surface area contributed by atoms with E-state index in [-0.39, 0.29) is 0 Å². The number of alkyl halides is 1. The van der Waals surface area contributed by atoms with Crippen LogP contribution in [0.25, 0.3) is 0 Å². The highest BCUT2D eigenvalue weighted by atomic mass is 35.5. The van der Waals surface area contributed by atoms with Crippen molar-refractivity contribution < 1.29 is 0 Å². The number of halogens is 1. The smallest absolute Gasteiger partial charge is 0.0233 e. The number of thioether (sulfide) groups is 1. The Balaban J connectivity index is 2.97. The molecule has 0 aromatic heterocycles. The van der Waals surface area contributed by atoms with E-state index in [9.17, 15) is 0 Å². The molecule has 0 aromatic carbocycles. The fourth-order valence-corrected chi connectivity index (χ4v) is 2.39. The summed E-state index contributed by atoms with van der Waals surface area (Å²) < 4.78 is 0. The summed E-state index contributed by atoms with van der Waals surface area (Å²) in [6.45, 7) is 4.51. The quantitative estimate of drug-likeness (QED) is 0.437. The molecular formula is C9H19ClS. The molecule has 0 radical (unpaired) electrons. The highest BCUT2D eigenvalue weighted by Gasteiger charge is 1.99. The highest BCUT2D eigenvalue weighted by molar-refractivity contribution is 7.99. The molecule has 0 rings (SSSR count). The summed E-state index contributed by atoms with van der Waals surface area (Å²) >= 11 is 7.68. The van der Waals surface area contributed by atoms with Crippen molar-refractivity contribution in [2.24, 2.45) is 0 Å². The molecule has 0 heterocycles. The molecular weight excluding hydrogens is 176 g/mol. The van der Waals surface area contributed by atoms with Crippen LogP contribution in [-0.4, -0.2) is 16.9 Å². The summed E-state index contributed by atoms with van der Waals surface area (Å²) in [7, 11) is 0. The van der Waals surface area contributed by atoms with Gasteiger partial charge in [0.1, 0.15) is 0 Å². The van der Waals surface area contributed by atoms with E-state index >= 15 is 0 Å². The number of hydrogen-bond acceptors (Lipinski definition) is 1. The van der Waals surface area contributed by atoms with Crippen LogP contribution in [0.3, 0.4) is 0 Å². The molecule has 0 saturated carbocycles. The Morgan fingerprint density at radius 3 is 2.64 bits per heavy atom. The zero-order chi connectivity index (χ0) is 8.53. The van der Waals surface area contributed by atoms with Gasteiger partial charge in [0, 0.05) is 11.1 Å². The fourth-order valence-electron chi connectivity index (χ4n) is 0.874. The predicted octanol–water partition coefficient (Wildman–Crippen LogP) is 3.93. The molecule has 0 saturated heterocycles. The van der Waals surface area contributed by atoms with Gasteiger partial charge in [-0.05, 0) is 18.6 Å². The molecule has 0 bridgehead atoms. The molecule has 0 amide bonds. The lowest BCUT2D eigenvalue weighted by Crippen LogP contribution is -1.97. The number of unbranched alkanes of at least 4 members (excludes halogenated alkanes) is 2. The van der Waals surface area contributed by atoms with Gasteiger partial charge in [0.15, 0.2) is 0 Å². The first-order chi connectivity index (χ1) is 5.31. The van der Waals surface area contributed by atoms with E-state index in [1.54, 1.807) is 0 Å². The van der Waals surface area contributed by atoms with Crippen LogP contribution >= 0.6 is 23.4 Å². The van der Waals surface area contributed by atoms with Crippen LogP contribution in [0.5, 0.6) is 0 Å². The molecule has 0 nitrogen and oxygen atoms in total. The van der Waals surface area contributed by atoms with Crippen molar-refractivity contribution in [3.63, 3.8) is 0 Å². The van der Waals surface area contributed by atoms with Gasteiger partial charge >= 0.3 is 0 Å². The van der Waals surface area contributed by atoms with Gasteiger partial charge in [-0.15, -0.1) is 11.6 Å². The molecule has 68 valence electrons. The average Bonchev–Trinajstić information content (AvgIpc) is 1.99. The van der Waals surface area contributed by atoms with Gasteiger partial charge in [-0.1, -0.05) is 26.7 Å². The molecule has 0 N–H and O–H groups in total. The maximum atomic E-state index is 5.62. The van der Waals surface area contributed by atoms with Crippen LogP contribution in [0, 0.1) is 0 Å². The molecule has 2 heteroatoms. The molecule has 0 spiro atoms. The third-order valence-corrected chi connectivity index (χ3v) is 3.21. The normalized spacial score (nSPS) is 13.4. The van der Waals surface area contributed by atoms with Gasteiger partial charge in [-0.2, -0.15) is 11.8 Å². The molecule has 0 aliphatic rings. The zero-order valence-electron chi connectivity index (χ0n) is 7.61. The summed E-state index contributed by atoms with van der Waals surface area (Å²) in [4.78, 5) is 0. The third-order valence-electron chi connectivity index (χ3n) is 1.67. The lowest BCUT2D eigenvalue weighted by atomic mass is 10.3. The van der Waals surface area contributed by atoms with Crippen LogP contribution in [0.1, 0.15) is 39.5 Å². The first-order valence-corrected chi connectivity index (χ1v) is 6.07. The standard InChI is InChI=1S/C9H19ClS/c1-3-4-5-8-11-9(2)6-7-10/h9H,3-8H2,1-2H3. The molecule has 11 heavy (non-hydrogen) atoms. The van der Waals surface area contributed by atoms with Crippen molar-refractivity contribution in [3.8, 4) is 0 Å². The second kappa shape index (κ2) is 8.73. The van der Waals surface area contributed by atoms with Gasteiger partial charge in [0.2, 0.25) is 0 Å². The van der Waals surface area contributed by atoms with Gasteiger partial charge in [-0.25, -0.2) is 0 Å². The Morgan fingerprint density at radius 2 is 2.09 bits per heavy atom. The molecule has 1 atom stereocenters. The third kappa shape index (κ3) is 8.55. The molecule has 1 unspecified atom stereocenters. The van der Waals surface area contributed by atoms with Crippen LogP contribution in [0.15, 0.2) is 0 Å². The van der Waals surface area contributed by atoms with E-state index in [4.69, 9.17) is 11.6 Å². The van der Waals surface area contributed by atoms with E-state index < -0.39 is 0 Å². The highest BCUT2D eigenvalue weighted by Crippen LogP contribution is 2.16. The summed E-state index contributed by atoms with van der Waals surface area (Å²) in [5.41, 5.74) is 0. The molecule has 0 aliphatic carbocycles. The van der Waals surface area contributed by atoms with Crippen LogP contribution in [0.4, 0.5) is 0 Å². The topological polar surface area (TPSA) is 0 Å². The van der Waals surface area contributed by atoms with Crippen molar-refractivity contribution in [1.29, 1.82) is 0 Å². The minimum Gasteiger partial charge on any atom is -0.159 e. The largest absolute Gasteiger partial charge is 0.159 e. The van der Waals surface area contributed by atoms with E-state index in [1.165, 1.54) is 25.0 Å². The Bertz CT molecular complexity index is 76.0. The van der Waals surface area contributed by atoms with E-state index in [0.717, 1.165) is 17.6 Å². The Labute approximate surface area is 80.1 Å². The maximum absolute atomic E-state index is 5.62. The minimum atomic E-state index is 0.754. The minimum absolute atomic E-state index is 0.754. The van der Waals surface area contributed by atoms with Crippen LogP contribution in [0.2, 0.25) is 0 Å². The monoisotopic (exact) mass is 194 g/mol. The summed E-state index contributed by atoms with van der Waals surface area (Å²) in [5, 5.41) is 0.754. The van der Waals surface area contributed by atoms with Gasteiger partial charge < -0.3 is 0 Å². The van der Waals surface area contributed by atoms with Crippen molar-refractivity contribution >= 4 is 23.4 Å². The molecule has 0 aromatic rings. The van der Waals surface area contributed by atoms with Crippen molar-refractivity contribution in [2.45, 2.75) is 44.8 Å². The van der Waals surface area contributed by atoms with E-state index in [0.29, 0.717) is 0 Å². The van der Waals surface area contributed by atoms with Gasteiger partial charge in [0.05, 0.1) is 0 Å². The zero-order valence-corrected chi connectivity index (χ0v) is 9.18. The van der Waals surface area contributed by atoms with Crippen LogP contribution < -0.4 is 0 Å². The first-order valence-electron chi connectivity index (χ1n) is 4.48. The van der Waals surface area contributed by atoms with Crippen molar-refractivity contribution in [2.75, 3.05) is 11.6 Å². The number of hydrogen-bond donors (Lipinski definition) is 0. The fraction of sp³-hybridized carbons (Fsp3) is 1.00. The molecule has 0 aliphatic heterocycles. The Kier molecular flexibility index (Phi) is 9.24. The number of rotatable bonds is 7. The Hall–Kier alpha value is 0.640. The first kappa shape index (κ1) is 11.6. The summed E-state index contributed by atoms with van der Waals surface area (Å²) in [6.07, 6.45) is 5.22. The summed E-state index contributed by atoms with van der Waals surface area (Å²) in [6, 6.07) is 0. The maximum Gasteiger partial charge on any atom is 0.0233 e. The Morgan fingerprint density at radius 1 is 1.36 bits per heavy atom. The van der Waals surface area contributed by atoms with Crippen LogP contribution in [-0.2, 0) is 0 Å². The average molecular weight is 195 g/mol.